The second-order valence-electron chi connectivity index (χ2n) is 5.43. The second-order valence-corrected chi connectivity index (χ2v) is 5.43. The van der Waals surface area contributed by atoms with Gasteiger partial charge in [-0.15, -0.1) is 0 Å². The summed E-state index contributed by atoms with van der Waals surface area (Å²) in [6.07, 6.45) is 2.50. The summed E-state index contributed by atoms with van der Waals surface area (Å²) in [5.74, 6) is 1.92. The second kappa shape index (κ2) is 8.96. The highest BCUT2D eigenvalue weighted by atomic mass is 19.3. The molecular formula is C17H28F2N2. The fourth-order valence-corrected chi connectivity index (χ4v) is 2.86. The molecule has 0 aliphatic carbocycles. The Labute approximate surface area is 127 Å². The zero-order valence-corrected chi connectivity index (χ0v) is 13.6. The van der Waals surface area contributed by atoms with Crippen molar-refractivity contribution >= 4 is 5.82 Å². The molecule has 0 aromatic carbocycles. The quantitative estimate of drug-likeness (QED) is 0.749. The van der Waals surface area contributed by atoms with E-state index in [1.54, 1.807) is 12.3 Å². The van der Waals surface area contributed by atoms with Gasteiger partial charge in [0.15, 0.2) is 0 Å². The monoisotopic (exact) mass is 298 g/mol. The first-order valence-electron chi connectivity index (χ1n) is 8.11. The predicted molar refractivity (Wildman–Crippen MR) is 84.9 cm³/mol. The summed E-state index contributed by atoms with van der Waals surface area (Å²) < 4.78 is 26.0. The summed E-state index contributed by atoms with van der Waals surface area (Å²) in [6.45, 7) is 10.2. The van der Waals surface area contributed by atoms with Crippen molar-refractivity contribution in [1.29, 1.82) is 0 Å². The average Bonchev–Trinajstić information content (AvgIpc) is 2.56. The molecule has 120 valence electrons. The van der Waals surface area contributed by atoms with E-state index < -0.39 is 6.43 Å². The van der Waals surface area contributed by atoms with Gasteiger partial charge in [0.2, 0.25) is 0 Å². The van der Waals surface area contributed by atoms with Gasteiger partial charge in [-0.1, -0.05) is 34.1 Å². The molecule has 1 aromatic heterocycles. The van der Waals surface area contributed by atoms with Gasteiger partial charge in [0.05, 0.1) is 5.56 Å². The van der Waals surface area contributed by atoms with Gasteiger partial charge < -0.3 is 4.90 Å². The van der Waals surface area contributed by atoms with E-state index >= 15 is 0 Å². The molecule has 0 saturated carbocycles. The van der Waals surface area contributed by atoms with Crippen molar-refractivity contribution in [3.05, 3.63) is 23.9 Å². The Morgan fingerprint density at radius 1 is 1.29 bits per heavy atom. The van der Waals surface area contributed by atoms with Gasteiger partial charge >= 0.3 is 0 Å². The van der Waals surface area contributed by atoms with Gasteiger partial charge in [-0.05, 0) is 36.8 Å². The number of anilines is 1. The molecule has 2 nitrogen and oxygen atoms in total. The van der Waals surface area contributed by atoms with Gasteiger partial charge in [0.1, 0.15) is 5.82 Å². The molecule has 2 rings (SSSR count). The highest BCUT2D eigenvalue weighted by Crippen LogP contribution is 2.32. The molecule has 0 N–H and O–H groups in total. The van der Waals surface area contributed by atoms with E-state index in [0.29, 0.717) is 5.82 Å². The van der Waals surface area contributed by atoms with Crippen molar-refractivity contribution in [2.45, 2.75) is 53.4 Å². The van der Waals surface area contributed by atoms with Crippen molar-refractivity contribution in [2.24, 2.45) is 11.8 Å². The molecule has 2 heterocycles. The fraction of sp³-hybridized carbons (Fsp3) is 0.706. The summed E-state index contributed by atoms with van der Waals surface area (Å²) >= 11 is 0. The molecule has 1 atom stereocenters. The standard InChI is InChI=1S/C15H22F2N2.C2H6/c1-3-11(2)12-6-9-19(10-7-12)15-13(14(16)17)5-4-8-18-15;1-2/h4-5,8,11-12,14H,3,6-7,9-10H2,1-2H3;1-2H3. The van der Waals surface area contributed by atoms with Crippen LogP contribution in [-0.4, -0.2) is 18.1 Å². The number of aromatic nitrogens is 1. The number of hydrogen-bond donors (Lipinski definition) is 0. The van der Waals surface area contributed by atoms with E-state index in [1.807, 2.05) is 18.7 Å². The molecule has 1 saturated heterocycles. The maximum Gasteiger partial charge on any atom is 0.267 e. The van der Waals surface area contributed by atoms with Crippen molar-refractivity contribution in [3.63, 3.8) is 0 Å². The Kier molecular flexibility index (Phi) is 7.62. The molecule has 0 amide bonds. The highest BCUT2D eigenvalue weighted by Gasteiger charge is 2.26. The maximum atomic E-state index is 13.0. The summed E-state index contributed by atoms with van der Waals surface area (Å²) in [6, 6.07) is 3.06. The first kappa shape index (κ1) is 17.9. The first-order chi connectivity index (χ1) is 10.1. The van der Waals surface area contributed by atoms with Crippen LogP contribution < -0.4 is 4.90 Å². The predicted octanol–water partition coefficient (Wildman–Crippen LogP) is 5.31. The SMILES string of the molecule is CC.CCC(C)C1CCN(c2ncccc2C(F)F)CC1. The van der Waals surface area contributed by atoms with Gasteiger partial charge in [0.25, 0.3) is 6.43 Å². The number of rotatable bonds is 4. The Bertz CT molecular complexity index is 402. The van der Waals surface area contributed by atoms with Crippen molar-refractivity contribution in [3.8, 4) is 0 Å². The summed E-state index contributed by atoms with van der Waals surface area (Å²) in [5, 5.41) is 0. The molecule has 1 aliphatic heterocycles. The van der Waals surface area contributed by atoms with Crippen LogP contribution in [0.2, 0.25) is 0 Å². The minimum absolute atomic E-state index is 0.0597. The number of pyridine rings is 1. The van der Waals surface area contributed by atoms with E-state index in [9.17, 15) is 8.78 Å². The van der Waals surface area contributed by atoms with Crippen LogP contribution in [0, 0.1) is 11.8 Å². The molecule has 1 aliphatic rings. The van der Waals surface area contributed by atoms with Crippen molar-refractivity contribution in [1.82, 2.24) is 4.98 Å². The van der Waals surface area contributed by atoms with Crippen LogP contribution in [0.5, 0.6) is 0 Å². The van der Waals surface area contributed by atoms with E-state index in [0.717, 1.165) is 37.8 Å². The number of piperidine rings is 1. The van der Waals surface area contributed by atoms with Crippen LogP contribution in [-0.2, 0) is 0 Å². The topological polar surface area (TPSA) is 16.1 Å². The van der Waals surface area contributed by atoms with E-state index in [2.05, 4.69) is 18.8 Å². The highest BCUT2D eigenvalue weighted by molar-refractivity contribution is 5.47. The van der Waals surface area contributed by atoms with Crippen molar-refractivity contribution in [2.75, 3.05) is 18.0 Å². The van der Waals surface area contributed by atoms with Gasteiger partial charge in [-0.2, -0.15) is 0 Å². The molecule has 0 spiro atoms. The molecule has 21 heavy (non-hydrogen) atoms. The van der Waals surface area contributed by atoms with Crippen LogP contribution in [0.1, 0.15) is 58.9 Å². The summed E-state index contributed by atoms with van der Waals surface area (Å²) in [4.78, 5) is 6.17. The Balaban J connectivity index is 0.00000106. The van der Waals surface area contributed by atoms with E-state index in [1.165, 1.54) is 12.5 Å². The lowest BCUT2D eigenvalue weighted by Crippen LogP contribution is -2.36. The molecule has 1 aromatic rings. The van der Waals surface area contributed by atoms with Crippen LogP contribution in [0.25, 0.3) is 0 Å². The van der Waals surface area contributed by atoms with E-state index in [4.69, 9.17) is 0 Å². The molecule has 1 fully saturated rings. The third kappa shape index (κ3) is 4.65. The lowest BCUT2D eigenvalue weighted by molar-refractivity contribution is 0.151. The zero-order chi connectivity index (χ0) is 15.8. The zero-order valence-electron chi connectivity index (χ0n) is 13.6. The number of halogens is 2. The fourth-order valence-electron chi connectivity index (χ4n) is 2.86. The number of nitrogens with zero attached hydrogens (tertiary/aromatic N) is 2. The smallest absolute Gasteiger partial charge is 0.267 e. The van der Waals surface area contributed by atoms with Crippen LogP contribution in [0.15, 0.2) is 18.3 Å². The molecule has 1 unspecified atom stereocenters. The number of alkyl halides is 2. The maximum absolute atomic E-state index is 13.0. The lowest BCUT2D eigenvalue weighted by atomic mass is 9.84. The average molecular weight is 298 g/mol. The van der Waals surface area contributed by atoms with Gasteiger partial charge in [-0.25, -0.2) is 13.8 Å². The Hall–Kier alpha value is -1.19. The summed E-state index contributed by atoms with van der Waals surface area (Å²) in [5.41, 5.74) is 0.0597. The normalized spacial score (nSPS) is 17.4. The minimum atomic E-state index is -2.45. The van der Waals surface area contributed by atoms with E-state index in [-0.39, 0.29) is 5.56 Å². The third-order valence-corrected chi connectivity index (χ3v) is 4.34. The van der Waals surface area contributed by atoms with Crippen LogP contribution in [0.4, 0.5) is 14.6 Å². The Morgan fingerprint density at radius 2 is 1.90 bits per heavy atom. The van der Waals surface area contributed by atoms with Crippen molar-refractivity contribution < 1.29 is 8.78 Å². The van der Waals surface area contributed by atoms with Gasteiger partial charge in [0, 0.05) is 19.3 Å². The number of hydrogen-bond acceptors (Lipinski definition) is 2. The third-order valence-electron chi connectivity index (χ3n) is 4.34. The molecule has 4 heteroatoms. The molecule has 0 bridgehead atoms. The van der Waals surface area contributed by atoms with Crippen LogP contribution in [0.3, 0.4) is 0 Å². The van der Waals surface area contributed by atoms with Crippen LogP contribution >= 0.6 is 0 Å². The molecule has 0 radical (unpaired) electrons. The molecular weight excluding hydrogens is 270 g/mol. The Morgan fingerprint density at radius 3 is 2.43 bits per heavy atom. The largest absolute Gasteiger partial charge is 0.356 e. The summed E-state index contributed by atoms with van der Waals surface area (Å²) in [7, 11) is 0. The lowest BCUT2D eigenvalue weighted by Gasteiger charge is -2.36. The minimum Gasteiger partial charge on any atom is -0.356 e. The first-order valence-corrected chi connectivity index (χ1v) is 8.11. The van der Waals surface area contributed by atoms with Gasteiger partial charge in [-0.3, -0.25) is 0 Å².